The number of guanidine groups is 1. The zero-order valence-electron chi connectivity index (χ0n) is 16.8. The fourth-order valence-corrected chi connectivity index (χ4v) is 2.45. The molecule has 0 aliphatic heterocycles. The lowest BCUT2D eigenvalue weighted by Crippen LogP contribution is -2.37. The molecule has 1 aromatic carbocycles. The van der Waals surface area contributed by atoms with Crippen molar-refractivity contribution in [3.63, 3.8) is 0 Å². The molecule has 158 valence electrons. The molecule has 0 radical (unpaired) electrons. The van der Waals surface area contributed by atoms with Gasteiger partial charge >= 0.3 is 6.61 Å². The summed E-state index contributed by atoms with van der Waals surface area (Å²) in [6.45, 7) is 5.64. The molecule has 0 unspecified atom stereocenters. The van der Waals surface area contributed by atoms with Crippen molar-refractivity contribution < 1.29 is 18.3 Å². The number of halogens is 2. The molecule has 0 atom stereocenters. The van der Waals surface area contributed by atoms with E-state index in [1.165, 1.54) is 0 Å². The van der Waals surface area contributed by atoms with Gasteiger partial charge in [0.1, 0.15) is 5.82 Å². The molecule has 0 saturated heterocycles. The second kappa shape index (κ2) is 11.0. The van der Waals surface area contributed by atoms with Crippen LogP contribution in [-0.4, -0.2) is 40.5 Å². The predicted molar refractivity (Wildman–Crippen MR) is 106 cm³/mol. The molecule has 1 heterocycles. The summed E-state index contributed by atoms with van der Waals surface area (Å²) in [7, 11) is 1.87. The SMILES string of the molecule is C=CCNC(=NCc1cccc(OCC)c1OC(F)F)NCc1nnc(C)n1C. The number of nitrogens with one attached hydrogen (secondary N) is 2. The summed E-state index contributed by atoms with van der Waals surface area (Å²) in [5, 5.41) is 14.3. The second-order valence-electron chi connectivity index (χ2n) is 5.97. The van der Waals surface area contributed by atoms with Crippen LogP contribution >= 0.6 is 0 Å². The van der Waals surface area contributed by atoms with Crippen molar-refractivity contribution in [1.29, 1.82) is 0 Å². The van der Waals surface area contributed by atoms with E-state index in [1.54, 1.807) is 31.2 Å². The van der Waals surface area contributed by atoms with Crippen LogP contribution in [0.25, 0.3) is 0 Å². The Kier molecular flexibility index (Phi) is 8.38. The molecule has 0 saturated carbocycles. The van der Waals surface area contributed by atoms with Gasteiger partial charge in [-0.3, -0.25) is 0 Å². The Morgan fingerprint density at radius 2 is 2.14 bits per heavy atom. The van der Waals surface area contributed by atoms with E-state index < -0.39 is 6.61 Å². The van der Waals surface area contributed by atoms with Crippen LogP contribution in [0.1, 0.15) is 24.1 Å². The van der Waals surface area contributed by atoms with Crippen LogP contribution in [0.3, 0.4) is 0 Å². The van der Waals surface area contributed by atoms with E-state index >= 15 is 0 Å². The highest BCUT2D eigenvalue weighted by atomic mass is 19.3. The molecule has 1 aromatic heterocycles. The van der Waals surface area contributed by atoms with Gasteiger partial charge in [0.15, 0.2) is 23.3 Å². The van der Waals surface area contributed by atoms with Crippen molar-refractivity contribution >= 4 is 5.96 Å². The van der Waals surface area contributed by atoms with Gasteiger partial charge in [0, 0.05) is 19.2 Å². The van der Waals surface area contributed by atoms with Crippen LogP contribution in [-0.2, 0) is 20.1 Å². The van der Waals surface area contributed by atoms with Crippen molar-refractivity contribution in [3.05, 3.63) is 48.1 Å². The third-order valence-electron chi connectivity index (χ3n) is 3.99. The van der Waals surface area contributed by atoms with Gasteiger partial charge in [-0.1, -0.05) is 18.2 Å². The summed E-state index contributed by atoms with van der Waals surface area (Å²) in [5.41, 5.74) is 0.477. The van der Waals surface area contributed by atoms with E-state index in [9.17, 15) is 8.78 Å². The van der Waals surface area contributed by atoms with Crippen molar-refractivity contribution in [3.8, 4) is 11.5 Å². The van der Waals surface area contributed by atoms with Gasteiger partial charge in [0.2, 0.25) is 0 Å². The lowest BCUT2D eigenvalue weighted by atomic mass is 10.2. The number of nitrogens with zero attached hydrogens (tertiary/aromatic N) is 4. The zero-order chi connectivity index (χ0) is 21.2. The molecule has 2 rings (SSSR count). The molecule has 2 aromatic rings. The molecule has 0 spiro atoms. The summed E-state index contributed by atoms with van der Waals surface area (Å²) in [4.78, 5) is 4.46. The number of hydrogen-bond acceptors (Lipinski definition) is 5. The van der Waals surface area contributed by atoms with E-state index in [1.807, 2.05) is 18.5 Å². The maximum atomic E-state index is 12.9. The fraction of sp³-hybridized carbons (Fsp3) is 0.421. The highest BCUT2D eigenvalue weighted by Gasteiger charge is 2.16. The van der Waals surface area contributed by atoms with Gasteiger partial charge in [-0.25, -0.2) is 4.99 Å². The molecule has 0 amide bonds. The van der Waals surface area contributed by atoms with Crippen LogP contribution in [0.4, 0.5) is 8.78 Å². The number of aliphatic imine (C=N–C) groups is 1. The third kappa shape index (κ3) is 6.44. The first kappa shape index (κ1) is 22.1. The Morgan fingerprint density at radius 1 is 1.34 bits per heavy atom. The molecule has 2 N–H and O–H groups in total. The molecular formula is C19H26F2N6O2. The quantitative estimate of drug-likeness (QED) is 0.357. The molecule has 0 fully saturated rings. The van der Waals surface area contributed by atoms with Crippen LogP contribution in [0.2, 0.25) is 0 Å². The van der Waals surface area contributed by atoms with E-state index in [-0.39, 0.29) is 18.0 Å². The predicted octanol–water partition coefficient (Wildman–Crippen LogP) is 2.55. The molecule has 0 aliphatic rings. The van der Waals surface area contributed by atoms with Gasteiger partial charge in [0.05, 0.1) is 19.7 Å². The van der Waals surface area contributed by atoms with Crippen LogP contribution < -0.4 is 20.1 Å². The zero-order valence-corrected chi connectivity index (χ0v) is 16.8. The minimum Gasteiger partial charge on any atom is -0.490 e. The van der Waals surface area contributed by atoms with E-state index in [0.29, 0.717) is 31.2 Å². The first-order valence-corrected chi connectivity index (χ1v) is 9.13. The maximum Gasteiger partial charge on any atom is 0.387 e. The average molecular weight is 408 g/mol. The Hall–Kier alpha value is -3.17. The highest BCUT2D eigenvalue weighted by Crippen LogP contribution is 2.33. The first-order valence-electron chi connectivity index (χ1n) is 9.13. The minimum atomic E-state index is -2.96. The smallest absolute Gasteiger partial charge is 0.387 e. The average Bonchev–Trinajstić information content (AvgIpc) is 3.01. The van der Waals surface area contributed by atoms with Crippen LogP contribution in [0, 0.1) is 6.92 Å². The van der Waals surface area contributed by atoms with Gasteiger partial charge in [-0.2, -0.15) is 8.78 Å². The number of rotatable bonds is 10. The van der Waals surface area contributed by atoms with Gasteiger partial charge in [0.25, 0.3) is 0 Å². The largest absolute Gasteiger partial charge is 0.490 e. The Morgan fingerprint density at radius 3 is 2.76 bits per heavy atom. The number of benzene rings is 1. The lowest BCUT2D eigenvalue weighted by Gasteiger charge is -2.15. The van der Waals surface area contributed by atoms with Crippen molar-refractivity contribution in [2.45, 2.75) is 33.5 Å². The Bertz CT molecular complexity index is 838. The fourth-order valence-electron chi connectivity index (χ4n) is 2.45. The molecule has 10 heteroatoms. The van der Waals surface area contributed by atoms with Crippen LogP contribution in [0.15, 0.2) is 35.8 Å². The number of hydrogen-bond donors (Lipinski definition) is 2. The standard InChI is InChI=1S/C19H26F2N6O2/c1-5-10-22-19(24-12-16-26-25-13(3)27(16)4)23-11-14-8-7-9-15(28-6-2)17(14)29-18(20)21/h5,7-9,18H,1,6,10-12H2,2-4H3,(H2,22,23,24). The topological polar surface area (TPSA) is 85.6 Å². The number of aromatic nitrogens is 3. The Balaban J connectivity index is 2.19. The van der Waals surface area contributed by atoms with E-state index in [0.717, 1.165) is 11.6 Å². The minimum absolute atomic E-state index is 0.0138. The summed E-state index contributed by atoms with van der Waals surface area (Å²) < 4.78 is 37.7. The summed E-state index contributed by atoms with van der Waals surface area (Å²) in [6, 6.07) is 4.96. The van der Waals surface area contributed by atoms with Gasteiger partial charge in [-0.05, 0) is 19.9 Å². The van der Waals surface area contributed by atoms with Crippen molar-refractivity contribution in [1.82, 2.24) is 25.4 Å². The number of alkyl halides is 2. The normalized spacial score (nSPS) is 11.4. The monoisotopic (exact) mass is 408 g/mol. The second-order valence-corrected chi connectivity index (χ2v) is 5.97. The first-order chi connectivity index (χ1) is 14.0. The molecular weight excluding hydrogens is 382 g/mol. The van der Waals surface area contributed by atoms with Crippen LogP contribution in [0.5, 0.6) is 11.5 Å². The molecule has 0 aliphatic carbocycles. The Labute approximate surface area is 168 Å². The summed E-state index contributed by atoms with van der Waals surface area (Å²) >= 11 is 0. The van der Waals surface area contributed by atoms with E-state index in [2.05, 4.69) is 37.1 Å². The van der Waals surface area contributed by atoms with Gasteiger partial charge in [-0.15, -0.1) is 16.8 Å². The summed E-state index contributed by atoms with van der Waals surface area (Å²) in [5.74, 6) is 2.23. The lowest BCUT2D eigenvalue weighted by molar-refractivity contribution is -0.0520. The highest BCUT2D eigenvalue weighted by molar-refractivity contribution is 5.79. The van der Waals surface area contributed by atoms with Crippen molar-refractivity contribution in [2.24, 2.45) is 12.0 Å². The summed E-state index contributed by atoms with van der Waals surface area (Å²) in [6.07, 6.45) is 1.69. The third-order valence-corrected chi connectivity index (χ3v) is 3.99. The van der Waals surface area contributed by atoms with Gasteiger partial charge < -0.3 is 24.7 Å². The van der Waals surface area contributed by atoms with E-state index in [4.69, 9.17) is 4.74 Å². The number of aryl methyl sites for hydroxylation is 1. The number of ether oxygens (including phenoxy) is 2. The molecule has 29 heavy (non-hydrogen) atoms. The number of para-hydroxylation sites is 1. The molecule has 0 bridgehead atoms. The van der Waals surface area contributed by atoms with Crippen molar-refractivity contribution in [2.75, 3.05) is 13.2 Å². The maximum absolute atomic E-state index is 12.9. The molecule has 8 nitrogen and oxygen atoms in total.